The molecule has 0 aliphatic rings. The van der Waals surface area contributed by atoms with Gasteiger partial charge >= 0.3 is 17.9 Å². The standard InChI is InChI=1S/C39H66O6/c1-4-7-10-13-16-19-22-25-28-43-37(40)34-31-35(38(41)44-29-26-23-20-17-14-11-8-5-2)33-36(32-34)39(42)45-30-27-24-21-18-15-12-9-6-3/h31-33H,4-30H2,1-3H3. The fraction of sp³-hybridized carbons (Fsp3) is 0.769. The first-order valence-electron chi connectivity index (χ1n) is 18.7. The van der Waals surface area contributed by atoms with Crippen molar-refractivity contribution in [3.63, 3.8) is 0 Å². The van der Waals surface area contributed by atoms with Crippen molar-refractivity contribution < 1.29 is 28.6 Å². The summed E-state index contributed by atoms with van der Waals surface area (Å²) < 4.78 is 16.6. The summed E-state index contributed by atoms with van der Waals surface area (Å²) in [5.74, 6) is -1.60. The molecule has 258 valence electrons. The van der Waals surface area contributed by atoms with Crippen LogP contribution in [0.5, 0.6) is 0 Å². The second-order valence-corrected chi connectivity index (χ2v) is 12.6. The SMILES string of the molecule is CCCCCCCCCCOC(=O)c1cc(C(=O)OCCCCCCCCCC)cc(C(=O)OCCCCCCCCCC)c1. The summed E-state index contributed by atoms with van der Waals surface area (Å²) in [6.07, 6.45) is 27.7. The molecule has 0 bridgehead atoms. The van der Waals surface area contributed by atoms with E-state index in [-0.39, 0.29) is 16.7 Å². The fourth-order valence-electron chi connectivity index (χ4n) is 5.43. The van der Waals surface area contributed by atoms with Crippen molar-refractivity contribution in [1.29, 1.82) is 0 Å². The van der Waals surface area contributed by atoms with E-state index in [0.29, 0.717) is 19.8 Å². The molecule has 6 nitrogen and oxygen atoms in total. The van der Waals surface area contributed by atoms with Crippen LogP contribution >= 0.6 is 0 Å². The molecule has 0 saturated heterocycles. The van der Waals surface area contributed by atoms with Gasteiger partial charge in [-0.1, -0.05) is 156 Å². The lowest BCUT2D eigenvalue weighted by Gasteiger charge is -2.11. The van der Waals surface area contributed by atoms with Gasteiger partial charge < -0.3 is 14.2 Å². The van der Waals surface area contributed by atoms with Gasteiger partial charge in [-0.25, -0.2) is 14.4 Å². The molecule has 0 atom stereocenters. The molecule has 0 aliphatic heterocycles. The van der Waals surface area contributed by atoms with E-state index in [1.165, 1.54) is 115 Å². The second-order valence-electron chi connectivity index (χ2n) is 12.6. The van der Waals surface area contributed by atoms with E-state index in [1.807, 2.05) is 0 Å². The van der Waals surface area contributed by atoms with Crippen LogP contribution < -0.4 is 0 Å². The highest BCUT2D eigenvalue weighted by Gasteiger charge is 2.19. The minimum absolute atomic E-state index is 0.176. The molecule has 0 spiro atoms. The van der Waals surface area contributed by atoms with Crippen molar-refractivity contribution in [1.82, 2.24) is 0 Å². The third-order valence-electron chi connectivity index (χ3n) is 8.33. The summed E-state index contributed by atoms with van der Waals surface area (Å²) in [6, 6.07) is 4.42. The summed E-state index contributed by atoms with van der Waals surface area (Å²) in [5.41, 5.74) is 0.528. The first-order valence-corrected chi connectivity index (χ1v) is 18.7. The number of rotatable bonds is 30. The monoisotopic (exact) mass is 630 g/mol. The summed E-state index contributed by atoms with van der Waals surface area (Å²) in [4.78, 5) is 38.8. The molecule has 0 radical (unpaired) electrons. The molecule has 0 unspecified atom stereocenters. The van der Waals surface area contributed by atoms with Crippen molar-refractivity contribution in [2.75, 3.05) is 19.8 Å². The first kappa shape index (κ1) is 40.7. The predicted molar refractivity (Wildman–Crippen MR) is 185 cm³/mol. The average Bonchev–Trinajstić information content (AvgIpc) is 3.05. The number of carbonyl (C=O) groups excluding carboxylic acids is 3. The van der Waals surface area contributed by atoms with Gasteiger partial charge in [0.15, 0.2) is 0 Å². The molecule has 0 heterocycles. The lowest BCUT2D eigenvalue weighted by molar-refractivity contribution is 0.0494. The van der Waals surface area contributed by atoms with Crippen molar-refractivity contribution in [2.45, 2.75) is 175 Å². The predicted octanol–water partition coefficient (Wildman–Crippen LogP) is 11.6. The summed E-state index contributed by atoms with van der Waals surface area (Å²) >= 11 is 0. The molecule has 1 aromatic rings. The Labute approximate surface area is 275 Å². The summed E-state index contributed by atoms with van der Waals surface area (Å²) in [7, 11) is 0. The Kier molecular flexibility index (Phi) is 26.3. The molecule has 0 saturated carbocycles. The van der Waals surface area contributed by atoms with E-state index in [4.69, 9.17) is 14.2 Å². The van der Waals surface area contributed by atoms with Gasteiger partial charge in [0.2, 0.25) is 0 Å². The zero-order chi connectivity index (χ0) is 32.8. The number of hydrogen-bond acceptors (Lipinski definition) is 6. The van der Waals surface area contributed by atoms with Gasteiger partial charge in [0.1, 0.15) is 0 Å². The van der Waals surface area contributed by atoms with Gasteiger partial charge in [0.25, 0.3) is 0 Å². The van der Waals surface area contributed by atoms with Crippen molar-refractivity contribution in [3.05, 3.63) is 34.9 Å². The van der Waals surface area contributed by atoms with Crippen molar-refractivity contribution in [2.24, 2.45) is 0 Å². The Bertz CT molecular complexity index is 769. The molecule has 1 rings (SSSR count). The van der Waals surface area contributed by atoms with E-state index in [2.05, 4.69) is 20.8 Å². The van der Waals surface area contributed by atoms with Crippen LogP contribution in [0.25, 0.3) is 0 Å². The van der Waals surface area contributed by atoms with E-state index in [0.717, 1.165) is 57.8 Å². The van der Waals surface area contributed by atoms with E-state index in [1.54, 1.807) is 0 Å². The van der Waals surface area contributed by atoms with Crippen LogP contribution in [0, 0.1) is 0 Å². The minimum atomic E-state index is -0.534. The molecule has 45 heavy (non-hydrogen) atoms. The zero-order valence-electron chi connectivity index (χ0n) is 29.3. The van der Waals surface area contributed by atoms with Crippen LogP contribution in [0.2, 0.25) is 0 Å². The minimum Gasteiger partial charge on any atom is -0.462 e. The van der Waals surface area contributed by atoms with E-state index >= 15 is 0 Å². The molecular weight excluding hydrogens is 564 g/mol. The third-order valence-corrected chi connectivity index (χ3v) is 8.33. The maximum Gasteiger partial charge on any atom is 0.338 e. The van der Waals surface area contributed by atoms with Crippen LogP contribution in [0.3, 0.4) is 0 Å². The smallest absolute Gasteiger partial charge is 0.338 e. The number of carbonyl (C=O) groups is 3. The highest BCUT2D eigenvalue weighted by molar-refractivity contribution is 6.00. The second kappa shape index (κ2) is 29.1. The first-order chi connectivity index (χ1) is 22.0. The van der Waals surface area contributed by atoms with Gasteiger partial charge in [0.05, 0.1) is 36.5 Å². The molecule has 0 fully saturated rings. The topological polar surface area (TPSA) is 78.9 Å². The summed E-state index contributed by atoms with van der Waals surface area (Å²) in [5, 5.41) is 0. The van der Waals surface area contributed by atoms with Crippen LogP contribution in [0.4, 0.5) is 0 Å². The van der Waals surface area contributed by atoms with Gasteiger partial charge in [-0.05, 0) is 37.5 Å². The Morgan fingerprint density at radius 2 is 0.556 bits per heavy atom. The number of hydrogen-bond donors (Lipinski definition) is 0. The number of esters is 3. The Hall–Kier alpha value is -2.37. The molecule has 1 aromatic carbocycles. The van der Waals surface area contributed by atoms with E-state index in [9.17, 15) is 14.4 Å². The lowest BCUT2D eigenvalue weighted by atomic mass is 10.1. The molecule has 0 aliphatic carbocycles. The Morgan fingerprint density at radius 3 is 0.778 bits per heavy atom. The van der Waals surface area contributed by atoms with Crippen molar-refractivity contribution in [3.8, 4) is 0 Å². The third kappa shape index (κ3) is 21.9. The average molecular weight is 631 g/mol. The largest absolute Gasteiger partial charge is 0.462 e. The Morgan fingerprint density at radius 1 is 0.356 bits per heavy atom. The highest BCUT2D eigenvalue weighted by atomic mass is 16.5. The normalized spacial score (nSPS) is 11.0. The Balaban J connectivity index is 2.63. The molecule has 0 aromatic heterocycles. The van der Waals surface area contributed by atoms with Gasteiger partial charge in [-0.15, -0.1) is 0 Å². The van der Waals surface area contributed by atoms with Gasteiger partial charge in [-0.2, -0.15) is 0 Å². The molecule has 0 N–H and O–H groups in total. The van der Waals surface area contributed by atoms with Crippen LogP contribution in [-0.4, -0.2) is 37.7 Å². The maximum atomic E-state index is 12.9. The van der Waals surface area contributed by atoms with Crippen LogP contribution in [0.1, 0.15) is 206 Å². The quantitative estimate of drug-likeness (QED) is 0.0478. The van der Waals surface area contributed by atoms with Gasteiger partial charge in [-0.3, -0.25) is 0 Å². The fourth-order valence-corrected chi connectivity index (χ4v) is 5.43. The molecule has 6 heteroatoms. The molecular formula is C39H66O6. The lowest BCUT2D eigenvalue weighted by Crippen LogP contribution is -2.14. The summed E-state index contributed by atoms with van der Waals surface area (Å²) in [6.45, 7) is 7.61. The highest BCUT2D eigenvalue weighted by Crippen LogP contribution is 2.17. The number of ether oxygens (including phenoxy) is 3. The number of unbranched alkanes of at least 4 members (excludes halogenated alkanes) is 21. The van der Waals surface area contributed by atoms with E-state index < -0.39 is 17.9 Å². The van der Waals surface area contributed by atoms with Gasteiger partial charge in [0, 0.05) is 0 Å². The molecule has 0 amide bonds. The zero-order valence-corrected chi connectivity index (χ0v) is 29.3. The van der Waals surface area contributed by atoms with Crippen LogP contribution in [0.15, 0.2) is 18.2 Å². The number of benzene rings is 1. The maximum absolute atomic E-state index is 12.9. The van der Waals surface area contributed by atoms with Crippen molar-refractivity contribution >= 4 is 17.9 Å². The van der Waals surface area contributed by atoms with Crippen LogP contribution in [-0.2, 0) is 14.2 Å².